The summed E-state index contributed by atoms with van der Waals surface area (Å²) in [4.78, 5) is 27.1. The van der Waals surface area contributed by atoms with Crippen LogP contribution >= 0.6 is 11.6 Å². The number of halogens is 1. The summed E-state index contributed by atoms with van der Waals surface area (Å²) in [7, 11) is 1.52. The summed E-state index contributed by atoms with van der Waals surface area (Å²) in [5, 5.41) is 7.95. The Morgan fingerprint density at radius 2 is 2.08 bits per heavy atom. The summed E-state index contributed by atoms with van der Waals surface area (Å²) >= 11 is 6.34. The van der Waals surface area contributed by atoms with E-state index in [4.69, 9.17) is 27.1 Å². The van der Waals surface area contributed by atoms with Gasteiger partial charge in [0, 0.05) is 36.3 Å². The van der Waals surface area contributed by atoms with Gasteiger partial charge in [0.05, 0.1) is 18.3 Å². The van der Waals surface area contributed by atoms with Gasteiger partial charge < -0.3 is 15.4 Å². The highest BCUT2D eigenvalue weighted by atomic mass is 35.5. The van der Waals surface area contributed by atoms with Crippen LogP contribution in [0.1, 0.15) is 41.3 Å². The molecule has 0 amide bonds. The zero-order valence-electron chi connectivity index (χ0n) is 19.8. The van der Waals surface area contributed by atoms with Crippen molar-refractivity contribution in [1.82, 2.24) is 25.1 Å². The van der Waals surface area contributed by atoms with Gasteiger partial charge >= 0.3 is 0 Å². The molecule has 4 heterocycles. The number of ether oxygens (including phenoxy) is 1. The van der Waals surface area contributed by atoms with Gasteiger partial charge in [-0.2, -0.15) is 10.1 Å². The molecule has 4 aromatic rings. The number of fused-ring (bicyclic) bond motifs is 2. The Bertz CT molecular complexity index is 1550. The maximum Gasteiger partial charge on any atom is 0.264 e. The molecular formula is C26H26ClN7O2. The van der Waals surface area contributed by atoms with E-state index in [2.05, 4.69) is 55.9 Å². The maximum atomic E-state index is 13.2. The van der Waals surface area contributed by atoms with Crippen LogP contribution in [-0.4, -0.2) is 45.3 Å². The van der Waals surface area contributed by atoms with Crippen LogP contribution in [0.15, 0.2) is 47.9 Å². The minimum atomic E-state index is -0.290. The summed E-state index contributed by atoms with van der Waals surface area (Å²) in [6, 6.07) is 10.2. The molecule has 6 rings (SSSR count). The highest BCUT2D eigenvalue weighted by Crippen LogP contribution is 2.50. The van der Waals surface area contributed by atoms with Crippen LogP contribution in [0.4, 0.5) is 5.95 Å². The number of H-pyrrole nitrogens is 2. The van der Waals surface area contributed by atoms with Gasteiger partial charge in [-0.3, -0.25) is 14.9 Å². The Morgan fingerprint density at radius 1 is 1.31 bits per heavy atom. The third-order valence-electron chi connectivity index (χ3n) is 7.72. The summed E-state index contributed by atoms with van der Waals surface area (Å²) in [6.45, 7) is 5.64. The average molecular weight is 504 g/mol. The Kier molecular flexibility index (Phi) is 5.35. The predicted molar refractivity (Wildman–Crippen MR) is 139 cm³/mol. The minimum Gasteiger partial charge on any atom is -0.481 e. The van der Waals surface area contributed by atoms with Gasteiger partial charge in [0.1, 0.15) is 11.1 Å². The van der Waals surface area contributed by atoms with Crippen LogP contribution in [-0.2, 0) is 6.42 Å². The number of nitrogens with two attached hydrogens (primary N) is 1. The second-order valence-electron chi connectivity index (χ2n) is 9.57. The van der Waals surface area contributed by atoms with Gasteiger partial charge in [-0.25, -0.2) is 4.98 Å². The molecule has 4 N–H and O–H groups in total. The van der Waals surface area contributed by atoms with Crippen LogP contribution in [0, 0.1) is 5.41 Å². The molecule has 2 aliphatic rings. The topological polar surface area (TPSA) is 126 Å². The van der Waals surface area contributed by atoms with E-state index in [1.54, 1.807) is 6.07 Å². The molecule has 0 unspecified atom stereocenters. The number of rotatable bonds is 4. The van der Waals surface area contributed by atoms with Crippen molar-refractivity contribution in [3.8, 4) is 5.88 Å². The first kappa shape index (κ1) is 22.8. The third kappa shape index (κ3) is 3.50. The second kappa shape index (κ2) is 8.46. The maximum absolute atomic E-state index is 13.2. The molecule has 1 fully saturated rings. The van der Waals surface area contributed by atoms with Crippen molar-refractivity contribution in [2.24, 2.45) is 11.1 Å². The SMILES string of the molecule is C=C(c1cc(OC)ncc1Cl)c1n[nH]c2nc(N3CCC4(CC3)Cc3ccccc3[C@H]4N)[nH]c(=O)c12. The lowest BCUT2D eigenvalue weighted by molar-refractivity contribution is 0.187. The second-order valence-corrected chi connectivity index (χ2v) is 9.98. The fraction of sp³-hybridized carbons (Fsp3) is 0.308. The molecule has 0 radical (unpaired) electrons. The molecule has 1 aliphatic heterocycles. The summed E-state index contributed by atoms with van der Waals surface area (Å²) in [5.74, 6) is 0.911. The van der Waals surface area contributed by atoms with Crippen molar-refractivity contribution < 1.29 is 4.74 Å². The van der Waals surface area contributed by atoms with Crippen molar-refractivity contribution in [2.75, 3.05) is 25.1 Å². The number of hydrogen-bond acceptors (Lipinski definition) is 7. The molecule has 3 aromatic heterocycles. The number of hydrogen-bond donors (Lipinski definition) is 3. The standard InChI is InChI=1S/C26H26ClN7O2/c1-14(17-11-19(36-2)29-13-18(17)27)21-20-23(33-32-21)30-25(31-24(20)35)34-9-7-26(8-10-34)12-15-5-3-4-6-16(15)22(26)28/h3-6,11,13,22H,1,7-10,12,28H2,2H3,(H2,30,31,32,33,35)/t22-/m1/s1. The zero-order chi connectivity index (χ0) is 25.0. The molecule has 184 valence electrons. The smallest absolute Gasteiger partial charge is 0.264 e. The van der Waals surface area contributed by atoms with Crippen LogP contribution in [0.2, 0.25) is 5.02 Å². The van der Waals surface area contributed by atoms with Crippen molar-refractivity contribution in [2.45, 2.75) is 25.3 Å². The molecule has 1 aliphatic carbocycles. The summed E-state index contributed by atoms with van der Waals surface area (Å²) < 4.78 is 5.20. The molecule has 9 nitrogen and oxygen atoms in total. The number of nitrogens with one attached hydrogen (secondary N) is 2. The number of pyridine rings is 1. The lowest BCUT2D eigenvalue weighted by Gasteiger charge is -2.42. The average Bonchev–Trinajstić information content (AvgIpc) is 3.44. The van der Waals surface area contributed by atoms with E-state index < -0.39 is 0 Å². The van der Waals surface area contributed by atoms with Crippen LogP contribution in [0.5, 0.6) is 5.88 Å². The van der Waals surface area contributed by atoms with Gasteiger partial charge in [0.15, 0.2) is 5.65 Å². The third-order valence-corrected chi connectivity index (χ3v) is 8.02. The molecule has 1 saturated heterocycles. The van der Waals surface area contributed by atoms with E-state index in [1.807, 2.05) is 0 Å². The van der Waals surface area contributed by atoms with E-state index in [9.17, 15) is 4.79 Å². The molecular weight excluding hydrogens is 478 g/mol. The van der Waals surface area contributed by atoms with Crippen LogP contribution in [0.25, 0.3) is 16.6 Å². The van der Waals surface area contributed by atoms with E-state index >= 15 is 0 Å². The fourth-order valence-corrected chi connectivity index (χ4v) is 5.87. The molecule has 36 heavy (non-hydrogen) atoms. The largest absolute Gasteiger partial charge is 0.481 e. The fourth-order valence-electron chi connectivity index (χ4n) is 5.65. The molecule has 10 heteroatoms. The van der Waals surface area contributed by atoms with Crippen molar-refractivity contribution in [1.29, 1.82) is 0 Å². The first-order chi connectivity index (χ1) is 17.4. The quantitative estimate of drug-likeness (QED) is 0.388. The predicted octanol–water partition coefficient (Wildman–Crippen LogP) is 3.61. The number of piperidine rings is 1. The lowest BCUT2D eigenvalue weighted by atomic mass is 9.73. The first-order valence-electron chi connectivity index (χ1n) is 11.9. The van der Waals surface area contributed by atoms with Gasteiger partial charge in [-0.1, -0.05) is 42.4 Å². The normalized spacial score (nSPS) is 18.5. The van der Waals surface area contributed by atoms with Gasteiger partial charge in [0.2, 0.25) is 11.8 Å². The first-order valence-corrected chi connectivity index (χ1v) is 12.2. The number of aromatic nitrogens is 5. The number of benzene rings is 1. The highest BCUT2D eigenvalue weighted by Gasteiger charge is 2.46. The molecule has 1 atom stereocenters. The summed E-state index contributed by atoms with van der Waals surface area (Å²) in [6.07, 6.45) is 4.33. The summed E-state index contributed by atoms with van der Waals surface area (Å²) in [5.41, 5.74) is 10.9. The number of aromatic amines is 2. The van der Waals surface area contributed by atoms with E-state index in [1.165, 1.54) is 24.4 Å². The Balaban J connectivity index is 1.26. The van der Waals surface area contributed by atoms with Crippen LogP contribution < -0.4 is 20.9 Å². The number of anilines is 1. The van der Waals surface area contributed by atoms with Crippen molar-refractivity contribution in [3.63, 3.8) is 0 Å². The van der Waals surface area contributed by atoms with Crippen LogP contribution in [0.3, 0.4) is 0 Å². The Morgan fingerprint density at radius 3 is 2.83 bits per heavy atom. The van der Waals surface area contributed by atoms with Gasteiger partial charge in [-0.05, 0) is 35.8 Å². The number of methoxy groups -OCH3 is 1. The van der Waals surface area contributed by atoms with Crippen molar-refractivity contribution in [3.05, 3.63) is 80.9 Å². The highest BCUT2D eigenvalue weighted by molar-refractivity contribution is 6.32. The Hall–Kier alpha value is -3.69. The number of nitrogens with zero attached hydrogens (tertiary/aromatic N) is 4. The van der Waals surface area contributed by atoms with E-state index in [0.717, 1.165) is 32.4 Å². The monoisotopic (exact) mass is 503 g/mol. The molecule has 1 spiro atoms. The lowest BCUT2D eigenvalue weighted by Crippen LogP contribution is -2.45. The molecule has 0 saturated carbocycles. The van der Waals surface area contributed by atoms with E-state index in [-0.39, 0.29) is 17.0 Å². The molecule has 0 bridgehead atoms. The minimum absolute atomic E-state index is 0.0325. The Labute approximate surface area is 212 Å². The van der Waals surface area contributed by atoms with Gasteiger partial charge in [0.25, 0.3) is 5.56 Å². The van der Waals surface area contributed by atoms with Crippen molar-refractivity contribution >= 4 is 34.2 Å². The van der Waals surface area contributed by atoms with E-state index in [0.29, 0.717) is 44.7 Å². The zero-order valence-corrected chi connectivity index (χ0v) is 20.6. The van der Waals surface area contributed by atoms with Gasteiger partial charge in [-0.15, -0.1) is 0 Å². The molecule has 1 aromatic carbocycles.